The Bertz CT molecular complexity index is 807. The monoisotopic (exact) mass is 508 g/mol. The maximum absolute atomic E-state index is 12.1. The average molecular weight is 508 g/mol. The molecule has 28 heavy (non-hydrogen) atoms. The molecule has 0 heterocycles. The Balaban J connectivity index is 0.00000392. The number of benzene rings is 2. The molecule has 152 valence electrons. The first-order chi connectivity index (χ1) is 12.6. The molecule has 0 saturated heterocycles. The molecule has 0 spiro atoms. The number of hydrogen-bond acceptors (Lipinski definition) is 3. The summed E-state index contributed by atoms with van der Waals surface area (Å²) in [5, 5.41) is 2.78. The third-order valence-corrected chi connectivity index (χ3v) is 3.40. The van der Waals surface area contributed by atoms with Gasteiger partial charge in [-0.2, -0.15) is 0 Å². The summed E-state index contributed by atoms with van der Waals surface area (Å²) >= 11 is 0. The van der Waals surface area contributed by atoms with Crippen molar-refractivity contribution in [3.63, 3.8) is 0 Å². The maximum Gasteiger partial charge on any atom is 0.573 e. The van der Waals surface area contributed by atoms with Gasteiger partial charge in [-0.1, -0.05) is 12.1 Å². The highest BCUT2D eigenvalue weighted by Crippen LogP contribution is 2.23. The normalized spacial score (nSPS) is 11.4. The van der Waals surface area contributed by atoms with Crippen LogP contribution in [0.15, 0.2) is 53.5 Å². The van der Waals surface area contributed by atoms with Crippen molar-refractivity contribution < 1.29 is 22.7 Å². The van der Waals surface area contributed by atoms with Crippen molar-refractivity contribution in [2.45, 2.75) is 12.9 Å². The second-order valence-corrected chi connectivity index (χ2v) is 5.80. The van der Waals surface area contributed by atoms with E-state index in [1.165, 1.54) is 29.2 Å². The van der Waals surface area contributed by atoms with Gasteiger partial charge in [0.15, 0.2) is 5.96 Å². The standard InChI is InChI=1S/C18H19F3N4O2.HI/c1-25(2)16(26)13-5-3-12(4-6-13)11-23-17(22)24-14-7-9-15(10-8-14)27-18(19,20)21;/h3-10H,11H2,1-2H3,(H3,22,23,24);1H. The van der Waals surface area contributed by atoms with Gasteiger partial charge >= 0.3 is 6.36 Å². The lowest BCUT2D eigenvalue weighted by Crippen LogP contribution is -2.22. The highest BCUT2D eigenvalue weighted by atomic mass is 127. The van der Waals surface area contributed by atoms with Crippen LogP contribution >= 0.6 is 24.0 Å². The van der Waals surface area contributed by atoms with Crippen LogP contribution in [0.25, 0.3) is 0 Å². The Morgan fingerprint density at radius 3 is 2.18 bits per heavy atom. The van der Waals surface area contributed by atoms with E-state index in [1.807, 2.05) is 0 Å². The molecule has 0 aliphatic heterocycles. The number of alkyl halides is 3. The molecule has 0 bridgehead atoms. The minimum Gasteiger partial charge on any atom is -0.406 e. The van der Waals surface area contributed by atoms with Crippen molar-refractivity contribution >= 4 is 41.5 Å². The first-order valence-corrected chi connectivity index (χ1v) is 7.87. The van der Waals surface area contributed by atoms with Gasteiger partial charge in [0.1, 0.15) is 5.75 Å². The van der Waals surface area contributed by atoms with E-state index in [0.29, 0.717) is 11.3 Å². The molecule has 1 amide bonds. The topological polar surface area (TPSA) is 80.0 Å². The number of ether oxygens (including phenoxy) is 1. The zero-order valence-electron chi connectivity index (χ0n) is 15.2. The number of halogens is 4. The summed E-state index contributed by atoms with van der Waals surface area (Å²) in [5.41, 5.74) is 7.67. The third kappa shape index (κ3) is 7.62. The minimum absolute atomic E-state index is 0. The van der Waals surface area contributed by atoms with Gasteiger partial charge in [0.05, 0.1) is 6.54 Å². The van der Waals surface area contributed by atoms with E-state index >= 15 is 0 Å². The van der Waals surface area contributed by atoms with Crippen molar-refractivity contribution in [2.75, 3.05) is 19.4 Å². The molecule has 2 rings (SSSR count). The fourth-order valence-corrected chi connectivity index (χ4v) is 2.11. The number of rotatable bonds is 5. The second kappa shape index (κ2) is 10.2. The van der Waals surface area contributed by atoms with Gasteiger partial charge in [0.25, 0.3) is 5.91 Å². The molecular weight excluding hydrogens is 488 g/mol. The fraction of sp³-hybridized carbons (Fsp3) is 0.222. The van der Waals surface area contributed by atoms with Crippen molar-refractivity contribution in [2.24, 2.45) is 10.7 Å². The lowest BCUT2D eigenvalue weighted by molar-refractivity contribution is -0.274. The SMILES string of the molecule is CN(C)C(=O)c1ccc(CN=C(N)Nc2ccc(OC(F)(F)F)cc2)cc1.I. The number of nitrogens with two attached hydrogens (primary N) is 1. The van der Waals surface area contributed by atoms with Crippen LogP contribution in [-0.4, -0.2) is 37.2 Å². The lowest BCUT2D eigenvalue weighted by Gasteiger charge is -2.11. The summed E-state index contributed by atoms with van der Waals surface area (Å²) in [4.78, 5) is 17.5. The Morgan fingerprint density at radius 1 is 1.11 bits per heavy atom. The zero-order valence-corrected chi connectivity index (χ0v) is 17.5. The largest absolute Gasteiger partial charge is 0.573 e. The van der Waals surface area contributed by atoms with Crippen molar-refractivity contribution in [3.05, 3.63) is 59.7 Å². The summed E-state index contributed by atoms with van der Waals surface area (Å²) in [6, 6.07) is 12.1. The van der Waals surface area contributed by atoms with E-state index in [1.54, 1.807) is 38.4 Å². The van der Waals surface area contributed by atoms with Crippen LogP contribution in [0.2, 0.25) is 0 Å². The van der Waals surface area contributed by atoms with E-state index in [4.69, 9.17) is 5.73 Å². The molecule has 0 unspecified atom stereocenters. The predicted octanol–water partition coefficient (Wildman–Crippen LogP) is 3.83. The summed E-state index contributed by atoms with van der Waals surface area (Å²) < 4.78 is 40.2. The number of nitrogens with zero attached hydrogens (tertiary/aromatic N) is 2. The van der Waals surface area contributed by atoms with Crippen molar-refractivity contribution in [3.8, 4) is 5.75 Å². The lowest BCUT2D eigenvalue weighted by atomic mass is 10.1. The van der Waals surface area contributed by atoms with Crippen LogP contribution in [0.5, 0.6) is 5.75 Å². The van der Waals surface area contributed by atoms with E-state index in [2.05, 4.69) is 15.0 Å². The van der Waals surface area contributed by atoms with Crippen molar-refractivity contribution in [1.82, 2.24) is 4.90 Å². The Morgan fingerprint density at radius 2 is 1.68 bits per heavy atom. The number of carbonyl (C=O) groups is 1. The summed E-state index contributed by atoms with van der Waals surface area (Å²) in [7, 11) is 3.35. The van der Waals surface area contributed by atoms with Crippen LogP contribution in [0, 0.1) is 0 Å². The van der Waals surface area contributed by atoms with Crippen LogP contribution in [-0.2, 0) is 6.54 Å². The molecule has 0 aliphatic carbocycles. The van der Waals surface area contributed by atoms with Crippen LogP contribution in [0.4, 0.5) is 18.9 Å². The van der Waals surface area contributed by atoms with Gasteiger partial charge in [-0.3, -0.25) is 4.79 Å². The molecule has 0 radical (unpaired) electrons. The molecule has 0 aliphatic rings. The van der Waals surface area contributed by atoms with Crippen LogP contribution in [0.1, 0.15) is 15.9 Å². The number of aliphatic imine (C=N–C) groups is 1. The molecule has 2 aromatic rings. The highest BCUT2D eigenvalue weighted by Gasteiger charge is 2.30. The van der Waals surface area contributed by atoms with E-state index in [0.717, 1.165) is 5.56 Å². The molecule has 0 fully saturated rings. The first kappa shape index (κ1) is 23.5. The molecule has 10 heteroatoms. The number of guanidine groups is 1. The van der Waals surface area contributed by atoms with Gasteiger partial charge in [-0.25, -0.2) is 4.99 Å². The van der Waals surface area contributed by atoms with Crippen LogP contribution in [0.3, 0.4) is 0 Å². The van der Waals surface area contributed by atoms with E-state index < -0.39 is 6.36 Å². The van der Waals surface area contributed by atoms with E-state index in [9.17, 15) is 18.0 Å². The van der Waals surface area contributed by atoms with Gasteiger partial charge in [-0.05, 0) is 42.0 Å². The number of anilines is 1. The summed E-state index contributed by atoms with van der Waals surface area (Å²) in [5.74, 6) is -0.312. The number of hydrogen-bond donors (Lipinski definition) is 2. The van der Waals surface area contributed by atoms with Gasteiger partial charge in [0, 0.05) is 25.3 Å². The molecule has 0 saturated carbocycles. The second-order valence-electron chi connectivity index (χ2n) is 5.80. The quantitative estimate of drug-likeness (QED) is 0.366. The molecule has 0 aromatic heterocycles. The fourth-order valence-electron chi connectivity index (χ4n) is 2.11. The summed E-state index contributed by atoms with van der Waals surface area (Å²) in [6.45, 7) is 0.282. The first-order valence-electron chi connectivity index (χ1n) is 7.87. The Labute approximate surface area is 177 Å². The molecule has 0 atom stereocenters. The molecule has 2 aromatic carbocycles. The number of nitrogens with one attached hydrogen (secondary N) is 1. The molecular formula is C18H20F3IN4O2. The smallest absolute Gasteiger partial charge is 0.406 e. The van der Waals surface area contributed by atoms with Crippen LogP contribution < -0.4 is 15.8 Å². The van der Waals surface area contributed by atoms with E-state index in [-0.39, 0.29) is 48.1 Å². The van der Waals surface area contributed by atoms with Crippen molar-refractivity contribution in [1.29, 1.82) is 0 Å². The highest BCUT2D eigenvalue weighted by molar-refractivity contribution is 14.0. The number of carbonyl (C=O) groups excluding carboxylic acids is 1. The zero-order chi connectivity index (χ0) is 20.0. The Kier molecular flexibility index (Phi) is 8.54. The summed E-state index contributed by atoms with van der Waals surface area (Å²) in [6.07, 6.45) is -4.73. The number of amides is 1. The Hall–Kier alpha value is -2.50. The van der Waals surface area contributed by atoms with Gasteiger partial charge < -0.3 is 20.7 Å². The average Bonchev–Trinajstić information content (AvgIpc) is 2.60. The minimum atomic E-state index is -4.73. The predicted molar refractivity (Wildman–Crippen MR) is 112 cm³/mol. The van der Waals surface area contributed by atoms with Gasteiger partial charge in [-0.15, -0.1) is 37.1 Å². The molecule has 3 N–H and O–H groups in total. The maximum atomic E-state index is 12.1. The molecule has 6 nitrogen and oxygen atoms in total. The third-order valence-electron chi connectivity index (χ3n) is 3.40. The van der Waals surface area contributed by atoms with Gasteiger partial charge in [0.2, 0.25) is 0 Å².